The molecule has 8 heteroatoms. The Labute approximate surface area is 191 Å². The van der Waals surface area contributed by atoms with Crippen LogP contribution in [0.3, 0.4) is 0 Å². The molecule has 0 bridgehead atoms. The summed E-state index contributed by atoms with van der Waals surface area (Å²) < 4.78 is 0. The van der Waals surface area contributed by atoms with Crippen molar-refractivity contribution < 1.29 is 19.2 Å². The average Bonchev–Trinajstić information content (AvgIpc) is 3.29. The lowest BCUT2D eigenvalue weighted by molar-refractivity contribution is -0.134. The molecule has 1 saturated heterocycles. The summed E-state index contributed by atoms with van der Waals surface area (Å²) in [6.45, 7) is 3.05. The highest BCUT2D eigenvalue weighted by Crippen LogP contribution is 2.34. The number of hydrogen-bond acceptors (Lipinski definition) is 4. The van der Waals surface area contributed by atoms with Gasteiger partial charge >= 0.3 is 6.03 Å². The van der Waals surface area contributed by atoms with E-state index in [1.54, 1.807) is 38.1 Å². The Hall–Kier alpha value is -3.68. The summed E-state index contributed by atoms with van der Waals surface area (Å²) >= 11 is 0. The first-order chi connectivity index (χ1) is 15.8. The van der Waals surface area contributed by atoms with Gasteiger partial charge in [0.15, 0.2) is 0 Å². The predicted molar refractivity (Wildman–Crippen MR) is 123 cm³/mol. The maximum Gasteiger partial charge on any atom is 0.325 e. The summed E-state index contributed by atoms with van der Waals surface area (Å²) in [6.07, 6.45) is 3.19. The highest BCUT2D eigenvalue weighted by atomic mass is 16.2. The van der Waals surface area contributed by atoms with Crippen LogP contribution in [0.4, 0.5) is 16.2 Å². The number of carbonyl (C=O) groups is 4. The van der Waals surface area contributed by atoms with Crippen molar-refractivity contribution in [1.82, 2.24) is 10.2 Å². The Balaban J connectivity index is 1.41. The molecule has 0 spiro atoms. The molecule has 2 unspecified atom stereocenters. The third kappa shape index (κ3) is 3.46. The Bertz CT molecular complexity index is 1190. The van der Waals surface area contributed by atoms with Crippen molar-refractivity contribution in [3.8, 4) is 0 Å². The number of fused-ring (bicyclic) bond motifs is 2. The van der Waals surface area contributed by atoms with E-state index in [-0.39, 0.29) is 12.3 Å². The molecule has 0 aromatic heterocycles. The summed E-state index contributed by atoms with van der Waals surface area (Å²) in [5.41, 5.74) is 3.06. The number of nitrogens with zero attached hydrogens (tertiary/aromatic N) is 2. The van der Waals surface area contributed by atoms with Crippen LogP contribution < -0.4 is 15.5 Å². The molecule has 2 aliphatic heterocycles. The van der Waals surface area contributed by atoms with Crippen LogP contribution in [0, 0.1) is 0 Å². The number of aryl methyl sites for hydroxylation is 2. The molecular formula is C25H26N4O4. The standard InChI is InChI=1S/C25H26N4O4/c1-15-12-21(30)26-19-8-3-4-9-20(19)29(15)22(31)14-28-23(32)25(2,27-24(28)33)18-11-10-16-6-5-7-17(16)13-18/h3-4,8-11,13,15H,5-7,12,14H2,1-2H3,(H,26,30)(H,27,33). The normalized spacial score (nSPS) is 24.2. The first kappa shape index (κ1) is 21.2. The van der Waals surface area contributed by atoms with Crippen LogP contribution in [0.2, 0.25) is 0 Å². The number of anilines is 2. The quantitative estimate of drug-likeness (QED) is 0.709. The maximum atomic E-state index is 13.4. The molecule has 1 aliphatic carbocycles. The average molecular weight is 447 g/mol. The summed E-state index contributed by atoms with van der Waals surface area (Å²) in [7, 11) is 0. The van der Waals surface area contributed by atoms with Gasteiger partial charge in [-0.15, -0.1) is 0 Å². The number of rotatable bonds is 3. The van der Waals surface area contributed by atoms with E-state index < -0.39 is 36.0 Å². The van der Waals surface area contributed by atoms with Gasteiger partial charge < -0.3 is 15.5 Å². The Morgan fingerprint density at radius 1 is 1.09 bits per heavy atom. The largest absolute Gasteiger partial charge is 0.325 e. The van der Waals surface area contributed by atoms with Gasteiger partial charge in [-0.3, -0.25) is 19.3 Å². The zero-order valence-electron chi connectivity index (χ0n) is 18.7. The van der Waals surface area contributed by atoms with Crippen molar-refractivity contribution in [2.75, 3.05) is 16.8 Å². The summed E-state index contributed by atoms with van der Waals surface area (Å²) in [4.78, 5) is 54.3. The zero-order chi connectivity index (χ0) is 23.3. The number of imide groups is 1. The highest BCUT2D eigenvalue weighted by molar-refractivity contribution is 6.12. The number of hydrogen-bond donors (Lipinski definition) is 2. The Morgan fingerprint density at radius 3 is 2.67 bits per heavy atom. The Morgan fingerprint density at radius 2 is 1.85 bits per heavy atom. The smallest absolute Gasteiger partial charge is 0.324 e. The molecular weight excluding hydrogens is 420 g/mol. The lowest BCUT2D eigenvalue weighted by Crippen LogP contribution is -2.47. The van der Waals surface area contributed by atoms with Gasteiger partial charge in [-0.1, -0.05) is 30.3 Å². The fourth-order valence-corrected chi connectivity index (χ4v) is 5.10. The summed E-state index contributed by atoms with van der Waals surface area (Å²) in [5, 5.41) is 5.61. The minimum absolute atomic E-state index is 0.118. The third-order valence-corrected chi connectivity index (χ3v) is 6.87. The van der Waals surface area contributed by atoms with Crippen LogP contribution in [0.1, 0.15) is 43.4 Å². The molecule has 5 amide bonds. The lowest BCUT2D eigenvalue weighted by Gasteiger charge is -2.29. The van der Waals surface area contributed by atoms with E-state index in [9.17, 15) is 19.2 Å². The van der Waals surface area contributed by atoms with Crippen molar-refractivity contribution in [3.63, 3.8) is 0 Å². The number of amides is 5. The minimum Gasteiger partial charge on any atom is -0.324 e. The topological polar surface area (TPSA) is 98.8 Å². The molecule has 33 heavy (non-hydrogen) atoms. The monoisotopic (exact) mass is 446 g/mol. The molecule has 0 radical (unpaired) electrons. The van der Waals surface area contributed by atoms with Gasteiger partial charge in [0.05, 0.1) is 11.4 Å². The van der Waals surface area contributed by atoms with Crippen molar-refractivity contribution >= 4 is 35.1 Å². The van der Waals surface area contributed by atoms with E-state index in [0.29, 0.717) is 11.4 Å². The summed E-state index contributed by atoms with van der Waals surface area (Å²) in [5.74, 6) is -1.07. The van der Waals surface area contributed by atoms with Crippen LogP contribution >= 0.6 is 0 Å². The van der Waals surface area contributed by atoms with Crippen LogP contribution in [0.15, 0.2) is 42.5 Å². The molecule has 2 N–H and O–H groups in total. The third-order valence-electron chi connectivity index (χ3n) is 6.87. The van der Waals surface area contributed by atoms with Gasteiger partial charge in [-0.25, -0.2) is 4.79 Å². The first-order valence-electron chi connectivity index (χ1n) is 11.3. The van der Waals surface area contributed by atoms with Crippen molar-refractivity contribution in [3.05, 3.63) is 59.2 Å². The number of benzene rings is 2. The molecule has 3 aliphatic rings. The number of nitrogens with one attached hydrogen (secondary N) is 2. The van der Waals surface area contributed by atoms with Crippen LogP contribution in [0.5, 0.6) is 0 Å². The second-order valence-electron chi connectivity index (χ2n) is 9.17. The van der Waals surface area contributed by atoms with E-state index in [4.69, 9.17) is 0 Å². The minimum atomic E-state index is -1.23. The number of urea groups is 1. The van der Waals surface area contributed by atoms with E-state index in [1.165, 1.54) is 16.0 Å². The molecule has 0 saturated carbocycles. The molecule has 2 atom stereocenters. The Kier molecular flexibility index (Phi) is 4.96. The van der Waals surface area contributed by atoms with Crippen molar-refractivity contribution in [1.29, 1.82) is 0 Å². The van der Waals surface area contributed by atoms with Crippen LogP contribution in [-0.2, 0) is 32.8 Å². The molecule has 2 aromatic rings. The lowest BCUT2D eigenvalue weighted by atomic mass is 9.89. The van der Waals surface area contributed by atoms with Crippen LogP contribution in [-0.4, -0.2) is 41.2 Å². The first-order valence-corrected chi connectivity index (χ1v) is 11.3. The SMILES string of the molecule is CC1CC(=O)Nc2ccccc2N1C(=O)CN1C(=O)NC(C)(c2ccc3c(c2)CCC3)C1=O. The predicted octanol–water partition coefficient (Wildman–Crippen LogP) is 2.71. The molecule has 2 aromatic carbocycles. The van der Waals surface area contributed by atoms with Gasteiger partial charge in [0, 0.05) is 12.5 Å². The van der Waals surface area contributed by atoms with Gasteiger partial charge in [0.25, 0.3) is 5.91 Å². The van der Waals surface area contributed by atoms with E-state index in [2.05, 4.69) is 10.6 Å². The molecule has 170 valence electrons. The van der Waals surface area contributed by atoms with Gasteiger partial charge in [-0.2, -0.15) is 0 Å². The molecule has 1 fully saturated rings. The van der Waals surface area contributed by atoms with Crippen molar-refractivity contribution in [2.24, 2.45) is 0 Å². The summed E-state index contributed by atoms with van der Waals surface area (Å²) in [6, 6.07) is 11.9. The maximum absolute atomic E-state index is 13.4. The second-order valence-corrected chi connectivity index (χ2v) is 9.17. The fraction of sp³-hybridized carbons (Fsp3) is 0.360. The molecule has 8 nitrogen and oxygen atoms in total. The second kappa shape index (κ2) is 7.72. The van der Waals surface area contributed by atoms with Gasteiger partial charge in [0.1, 0.15) is 12.1 Å². The number of para-hydroxylation sites is 2. The van der Waals surface area contributed by atoms with E-state index in [0.717, 1.165) is 29.7 Å². The van der Waals surface area contributed by atoms with Crippen molar-refractivity contribution in [2.45, 2.75) is 51.1 Å². The van der Waals surface area contributed by atoms with Gasteiger partial charge in [0.2, 0.25) is 11.8 Å². The number of carbonyl (C=O) groups excluding carboxylic acids is 4. The fourth-order valence-electron chi connectivity index (χ4n) is 5.10. The highest BCUT2D eigenvalue weighted by Gasteiger charge is 2.50. The van der Waals surface area contributed by atoms with Gasteiger partial charge in [-0.05, 0) is 61.9 Å². The molecule has 2 heterocycles. The van der Waals surface area contributed by atoms with E-state index in [1.807, 2.05) is 18.2 Å². The van der Waals surface area contributed by atoms with Crippen LogP contribution in [0.25, 0.3) is 0 Å². The zero-order valence-corrected chi connectivity index (χ0v) is 18.7. The van der Waals surface area contributed by atoms with E-state index >= 15 is 0 Å². The molecule has 5 rings (SSSR count).